The van der Waals surface area contributed by atoms with E-state index in [1.165, 1.54) is 5.56 Å². The van der Waals surface area contributed by atoms with Crippen molar-refractivity contribution in [3.05, 3.63) is 47.6 Å². The normalized spacial score (nSPS) is 10.9. The molecule has 5 nitrogen and oxygen atoms in total. The second-order valence-electron chi connectivity index (χ2n) is 4.97. The highest BCUT2D eigenvalue weighted by Gasteiger charge is 2.03. The van der Waals surface area contributed by atoms with Gasteiger partial charge in [-0.1, -0.05) is 12.1 Å². The molecule has 2 aromatic rings. The Hall–Kier alpha value is -1.72. The van der Waals surface area contributed by atoms with Gasteiger partial charge < -0.3 is 14.6 Å². The van der Waals surface area contributed by atoms with Gasteiger partial charge in [0.2, 0.25) is 0 Å². The molecule has 0 atom stereocenters. The van der Waals surface area contributed by atoms with Crippen molar-refractivity contribution in [2.24, 2.45) is 0 Å². The predicted octanol–water partition coefficient (Wildman–Crippen LogP) is 2.72. The summed E-state index contributed by atoms with van der Waals surface area (Å²) in [5.41, 5.74) is 2.22. The van der Waals surface area contributed by atoms with E-state index in [-0.39, 0.29) is 0 Å². The summed E-state index contributed by atoms with van der Waals surface area (Å²) in [7, 11) is 0. The van der Waals surface area contributed by atoms with E-state index < -0.39 is 0 Å². The predicted molar refractivity (Wildman–Crippen MR) is 80.7 cm³/mol. The molecule has 2 heterocycles. The highest BCUT2D eigenvalue weighted by molar-refractivity contribution is 5.09. The number of aryl methyl sites for hydroxylation is 1. The fourth-order valence-electron chi connectivity index (χ4n) is 2.00. The Labute approximate surface area is 125 Å². The molecule has 0 saturated carbocycles. The van der Waals surface area contributed by atoms with E-state index in [4.69, 9.17) is 9.26 Å². The summed E-state index contributed by atoms with van der Waals surface area (Å²) in [5.74, 6) is 0.784. The van der Waals surface area contributed by atoms with E-state index in [0.29, 0.717) is 13.2 Å². The van der Waals surface area contributed by atoms with Gasteiger partial charge in [0, 0.05) is 31.6 Å². The average Bonchev–Trinajstić information content (AvgIpc) is 2.96. The van der Waals surface area contributed by atoms with Crippen LogP contribution in [0.1, 0.15) is 36.8 Å². The molecule has 2 aromatic heterocycles. The summed E-state index contributed by atoms with van der Waals surface area (Å²) < 4.78 is 10.8. The lowest BCUT2D eigenvalue weighted by Gasteiger charge is -2.02. The van der Waals surface area contributed by atoms with Gasteiger partial charge >= 0.3 is 0 Å². The summed E-state index contributed by atoms with van der Waals surface area (Å²) in [5, 5.41) is 7.30. The van der Waals surface area contributed by atoms with Gasteiger partial charge in [0.05, 0.1) is 5.69 Å². The molecule has 0 unspecified atom stereocenters. The Morgan fingerprint density at radius 1 is 1.29 bits per heavy atom. The smallest absolute Gasteiger partial charge is 0.162 e. The molecular formula is C16H23N3O2. The first kappa shape index (κ1) is 15.7. The number of ether oxygens (including phenoxy) is 1. The maximum atomic E-state index is 5.61. The molecular weight excluding hydrogens is 266 g/mol. The average molecular weight is 289 g/mol. The molecule has 0 bridgehead atoms. The van der Waals surface area contributed by atoms with Crippen LogP contribution in [0, 0.1) is 0 Å². The Kier molecular flexibility index (Phi) is 6.91. The minimum absolute atomic E-state index is 0.483. The lowest BCUT2D eigenvalue weighted by Crippen LogP contribution is -2.13. The van der Waals surface area contributed by atoms with Crippen LogP contribution >= 0.6 is 0 Å². The quantitative estimate of drug-likeness (QED) is 0.681. The molecule has 0 spiro atoms. The molecule has 0 radical (unpaired) electrons. The zero-order chi connectivity index (χ0) is 14.8. The molecule has 1 N–H and O–H groups in total. The van der Waals surface area contributed by atoms with Crippen molar-refractivity contribution in [3.8, 4) is 0 Å². The minimum atomic E-state index is 0.483. The van der Waals surface area contributed by atoms with E-state index in [1.54, 1.807) is 0 Å². The molecule has 5 heteroatoms. The maximum absolute atomic E-state index is 5.61. The molecule has 0 aliphatic heterocycles. The van der Waals surface area contributed by atoms with Crippen molar-refractivity contribution in [3.63, 3.8) is 0 Å². The van der Waals surface area contributed by atoms with E-state index in [1.807, 2.05) is 30.6 Å². The lowest BCUT2D eigenvalue weighted by molar-refractivity contribution is 0.0992. The van der Waals surface area contributed by atoms with Gasteiger partial charge in [0.25, 0.3) is 0 Å². The van der Waals surface area contributed by atoms with Crippen molar-refractivity contribution in [2.45, 2.75) is 39.3 Å². The van der Waals surface area contributed by atoms with Crippen LogP contribution in [0.2, 0.25) is 0 Å². The third-order valence-corrected chi connectivity index (χ3v) is 3.09. The number of nitrogens with one attached hydrogen (secondary N) is 1. The molecule has 0 aliphatic carbocycles. The van der Waals surface area contributed by atoms with E-state index in [9.17, 15) is 0 Å². The SMILES string of the molecule is CCCNCc1cc(COCCCc2ccncc2)on1. The van der Waals surface area contributed by atoms with Crippen molar-refractivity contribution < 1.29 is 9.26 Å². The van der Waals surface area contributed by atoms with Gasteiger partial charge in [-0.05, 0) is 43.5 Å². The molecule has 0 saturated heterocycles. The molecule has 0 amide bonds. The standard InChI is InChI=1S/C16H23N3O2/c1-2-7-18-12-15-11-16(21-19-15)13-20-10-3-4-14-5-8-17-9-6-14/h5-6,8-9,11,18H,2-4,7,10,12-13H2,1H3. The second-order valence-corrected chi connectivity index (χ2v) is 4.97. The second kappa shape index (κ2) is 9.26. The molecule has 21 heavy (non-hydrogen) atoms. The van der Waals surface area contributed by atoms with Gasteiger partial charge in [-0.3, -0.25) is 4.98 Å². The first-order chi connectivity index (χ1) is 10.4. The molecule has 0 fully saturated rings. The summed E-state index contributed by atoms with van der Waals surface area (Å²) in [6.07, 6.45) is 6.75. The van der Waals surface area contributed by atoms with Crippen LogP contribution in [0.15, 0.2) is 35.1 Å². The van der Waals surface area contributed by atoms with Gasteiger partial charge in [-0.25, -0.2) is 0 Å². The number of pyridine rings is 1. The highest BCUT2D eigenvalue weighted by atomic mass is 16.5. The first-order valence-electron chi connectivity index (χ1n) is 7.50. The maximum Gasteiger partial charge on any atom is 0.162 e. The number of hydrogen-bond donors (Lipinski definition) is 1. The third kappa shape index (κ3) is 6.06. The first-order valence-corrected chi connectivity index (χ1v) is 7.50. The minimum Gasteiger partial charge on any atom is -0.373 e. The van der Waals surface area contributed by atoms with Crippen LogP contribution in [0.4, 0.5) is 0 Å². The fraction of sp³-hybridized carbons (Fsp3) is 0.500. The van der Waals surface area contributed by atoms with Gasteiger partial charge in [0.1, 0.15) is 6.61 Å². The van der Waals surface area contributed by atoms with E-state index >= 15 is 0 Å². The van der Waals surface area contributed by atoms with Crippen molar-refractivity contribution in [1.29, 1.82) is 0 Å². The number of hydrogen-bond acceptors (Lipinski definition) is 5. The number of nitrogens with zero attached hydrogens (tertiary/aromatic N) is 2. The molecule has 0 aromatic carbocycles. The Balaban J connectivity index is 1.58. The monoisotopic (exact) mass is 289 g/mol. The zero-order valence-corrected chi connectivity index (χ0v) is 12.5. The molecule has 0 aliphatic rings. The molecule has 114 valence electrons. The fourth-order valence-corrected chi connectivity index (χ4v) is 2.00. The van der Waals surface area contributed by atoms with Gasteiger partial charge in [-0.15, -0.1) is 0 Å². The molecule has 2 rings (SSSR count). The van der Waals surface area contributed by atoms with Crippen molar-refractivity contribution >= 4 is 0 Å². The van der Waals surface area contributed by atoms with Crippen LogP contribution in [-0.4, -0.2) is 23.3 Å². The summed E-state index contributed by atoms with van der Waals surface area (Å²) in [6.45, 7) is 5.08. The van der Waals surface area contributed by atoms with Gasteiger partial charge in [0.15, 0.2) is 5.76 Å². The van der Waals surface area contributed by atoms with E-state index in [0.717, 1.165) is 43.8 Å². The van der Waals surface area contributed by atoms with E-state index in [2.05, 4.69) is 22.4 Å². The van der Waals surface area contributed by atoms with Crippen LogP contribution in [0.3, 0.4) is 0 Å². The van der Waals surface area contributed by atoms with Crippen LogP contribution in [0.5, 0.6) is 0 Å². The topological polar surface area (TPSA) is 60.2 Å². The Morgan fingerprint density at radius 2 is 2.14 bits per heavy atom. The summed E-state index contributed by atoms with van der Waals surface area (Å²) >= 11 is 0. The van der Waals surface area contributed by atoms with Gasteiger partial charge in [-0.2, -0.15) is 0 Å². The Bertz CT molecular complexity index is 499. The lowest BCUT2D eigenvalue weighted by atomic mass is 10.1. The van der Waals surface area contributed by atoms with Crippen molar-refractivity contribution in [1.82, 2.24) is 15.5 Å². The third-order valence-electron chi connectivity index (χ3n) is 3.09. The van der Waals surface area contributed by atoms with Crippen LogP contribution in [0.25, 0.3) is 0 Å². The van der Waals surface area contributed by atoms with Crippen LogP contribution in [-0.2, 0) is 24.3 Å². The number of rotatable bonds is 10. The summed E-state index contributed by atoms with van der Waals surface area (Å²) in [6, 6.07) is 6.02. The van der Waals surface area contributed by atoms with Crippen molar-refractivity contribution in [2.75, 3.05) is 13.2 Å². The highest BCUT2D eigenvalue weighted by Crippen LogP contribution is 2.06. The Morgan fingerprint density at radius 3 is 2.95 bits per heavy atom. The number of aromatic nitrogens is 2. The van der Waals surface area contributed by atoms with Crippen LogP contribution < -0.4 is 5.32 Å². The summed E-state index contributed by atoms with van der Waals surface area (Å²) in [4.78, 5) is 4.00. The largest absolute Gasteiger partial charge is 0.373 e. The zero-order valence-electron chi connectivity index (χ0n) is 12.5.